The second kappa shape index (κ2) is 9.08. The van der Waals surface area contributed by atoms with Crippen LogP contribution in [0.15, 0.2) is 0 Å². The van der Waals surface area contributed by atoms with E-state index in [1.54, 1.807) is 28.4 Å². The van der Waals surface area contributed by atoms with E-state index in [9.17, 15) is 0 Å². The molecule has 0 aliphatic heterocycles. The number of hydrogen-bond donors (Lipinski definition) is 0. The molecule has 2 saturated carbocycles. The van der Waals surface area contributed by atoms with Crippen LogP contribution < -0.4 is 0 Å². The molecule has 136 valence electrons. The van der Waals surface area contributed by atoms with Crippen molar-refractivity contribution in [3.8, 4) is 0 Å². The van der Waals surface area contributed by atoms with Gasteiger partial charge in [-0.1, -0.05) is 38.5 Å². The van der Waals surface area contributed by atoms with Crippen molar-refractivity contribution >= 4 is 17.6 Å². The summed E-state index contributed by atoms with van der Waals surface area (Å²) in [5, 5.41) is 0. The van der Waals surface area contributed by atoms with Crippen LogP contribution in [-0.4, -0.2) is 46.0 Å². The Hall–Kier alpha value is 0.234. The summed E-state index contributed by atoms with van der Waals surface area (Å²) >= 11 is 0. The Balaban J connectivity index is 2.22. The third kappa shape index (κ3) is 4.26. The Labute approximate surface area is 143 Å². The summed E-state index contributed by atoms with van der Waals surface area (Å²) in [4.78, 5) is 0. The van der Waals surface area contributed by atoms with Crippen LogP contribution in [0.5, 0.6) is 0 Å². The summed E-state index contributed by atoms with van der Waals surface area (Å²) in [5.74, 6) is 0. The molecule has 0 radical (unpaired) electrons. The van der Waals surface area contributed by atoms with Crippen LogP contribution in [0.3, 0.4) is 0 Å². The van der Waals surface area contributed by atoms with Gasteiger partial charge in [0, 0.05) is 39.5 Å². The summed E-state index contributed by atoms with van der Waals surface area (Å²) in [6.07, 6.45) is 12.0. The minimum absolute atomic E-state index is 0.368. The molecule has 0 amide bonds. The molecule has 2 aliphatic carbocycles. The molecular weight excluding hydrogens is 328 g/mol. The first-order valence-electron chi connectivity index (χ1n) is 9.07. The summed E-state index contributed by atoms with van der Waals surface area (Å²) in [6, 6.07) is 0. The smallest absolute Gasteiger partial charge is 0.377 e. The average Bonchev–Trinajstić information content (AvgIpc) is 2.65. The molecule has 5 nitrogen and oxygen atoms in total. The van der Waals surface area contributed by atoms with Gasteiger partial charge < -0.3 is 21.8 Å². The van der Waals surface area contributed by atoms with E-state index in [1.807, 2.05) is 0 Å². The molecular formula is C16H34O5Si2. The van der Waals surface area contributed by atoms with Crippen molar-refractivity contribution in [3.05, 3.63) is 0 Å². The van der Waals surface area contributed by atoms with Crippen molar-refractivity contribution in [1.29, 1.82) is 0 Å². The summed E-state index contributed by atoms with van der Waals surface area (Å²) < 4.78 is 30.5. The van der Waals surface area contributed by atoms with Crippen LogP contribution in [0.2, 0.25) is 11.1 Å². The molecule has 0 N–H and O–H groups in total. The van der Waals surface area contributed by atoms with Gasteiger partial charge in [-0.15, -0.1) is 0 Å². The lowest BCUT2D eigenvalue weighted by Crippen LogP contribution is -2.61. The lowest BCUT2D eigenvalue weighted by molar-refractivity contribution is 0.0654. The average molecular weight is 363 g/mol. The maximum Gasteiger partial charge on any atom is 0.496 e. The zero-order valence-electron chi connectivity index (χ0n) is 15.3. The highest BCUT2D eigenvalue weighted by Crippen LogP contribution is 2.44. The topological polar surface area (TPSA) is 46.2 Å². The van der Waals surface area contributed by atoms with Gasteiger partial charge in [0.1, 0.15) is 0 Å². The van der Waals surface area contributed by atoms with Gasteiger partial charge in [-0.2, -0.15) is 0 Å². The van der Waals surface area contributed by atoms with Gasteiger partial charge in [0.2, 0.25) is 0 Å². The van der Waals surface area contributed by atoms with E-state index in [4.69, 9.17) is 21.8 Å². The highest BCUT2D eigenvalue weighted by molar-refractivity contribution is 6.76. The van der Waals surface area contributed by atoms with Gasteiger partial charge in [-0.3, -0.25) is 0 Å². The van der Waals surface area contributed by atoms with Crippen molar-refractivity contribution in [2.45, 2.75) is 75.3 Å². The molecule has 0 spiro atoms. The fourth-order valence-corrected chi connectivity index (χ4v) is 12.4. The van der Waals surface area contributed by atoms with Crippen molar-refractivity contribution < 1.29 is 21.8 Å². The zero-order chi connectivity index (χ0) is 16.8. The normalized spacial score (nSPS) is 22.4. The van der Waals surface area contributed by atoms with Crippen LogP contribution in [0.4, 0.5) is 0 Å². The highest BCUT2D eigenvalue weighted by atomic mass is 28.5. The van der Waals surface area contributed by atoms with Gasteiger partial charge in [-0.05, 0) is 25.7 Å². The van der Waals surface area contributed by atoms with E-state index < -0.39 is 17.6 Å². The molecule has 0 unspecified atom stereocenters. The van der Waals surface area contributed by atoms with Gasteiger partial charge in [-0.25, -0.2) is 0 Å². The summed E-state index contributed by atoms with van der Waals surface area (Å²) in [6.45, 7) is 0. The van der Waals surface area contributed by atoms with Gasteiger partial charge in [0.15, 0.2) is 0 Å². The highest BCUT2D eigenvalue weighted by Gasteiger charge is 2.59. The quantitative estimate of drug-likeness (QED) is 0.607. The van der Waals surface area contributed by atoms with Gasteiger partial charge in [0.05, 0.1) is 0 Å². The Morgan fingerprint density at radius 2 is 0.826 bits per heavy atom. The number of hydrogen-bond acceptors (Lipinski definition) is 5. The van der Waals surface area contributed by atoms with E-state index in [2.05, 4.69) is 0 Å². The maximum atomic E-state index is 6.69. The minimum atomic E-state index is -2.79. The predicted molar refractivity (Wildman–Crippen MR) is 94.3 cm³/mol. The fraction of sp³-hybridized carbons (Fsp3) is 1.00. The molecule has 0 atom stereocenters. The summed E-state index contributed by atoms with van der Waals surface area (Å²) in [7, 11) is 1.34. The molecule has 2 fully saturated rings. The first-order chi connectivity index (χ1) is 11.2. The van der Waals surface area contributed by atoms with E-state index in [-0.39, 0.29) is 0 Å². The zero-order valence-corrected chi connectivity index (χ0v) is 17.3. The molecule has 23 heavy (non-hydrogen) atoms. The molecule has 0 aromatic carbocycles. The first kappa shape index (κ1) is 19.6. The first-order valence-corrected chi connectivity index (χ1v) is 12.7. The van der Waals surface area contributed by atoms with Crippen LogP contribution >= 0.6 is 0 Å². The molecule has 2 rings (SSSR count). The second-order valence-electron chi connectivity index (χ2n) is 6.80. The van der Waals surface area contributed by atoms with E-state index in [0.717, 1.165) is 25.7 Å². The molecule has 0 aromatic rings. The Morgan fingerprint density at radius 3 is 1.09 bits per heavy atom. The van der Waals surface area contributed by atoms with E-state index in [0.29, 0.717) is 11.1 Å². The van der Waals surface area contributed by atoms with Crippen LogP contribution in [0.1, 0.15) is 64.2 Å². The van der Waals surface area contributed by atoms with Crippen molar-refractivity contribution in [2.24, 2.45) is 0 Å². The van der Waals surface area contributed by atoms with Crippen LogP contribution in [0.25, 0.3) is 0 Å². The number of rotatable bonds is 8. The monoisotopic (exact) mass is 362 g/mol. The SMILES string of the molecule is CO[Si](OC)(O[Si](OC)(OC)C1CCCCC1)C1CCCCC1. The Morgan fingerprint density at radius 1 is 0.522 bits per heavy atom. The van der Waals surface area contributed by atoms with Crippen molar-refractivity contribution in [1.82, 2.24) is 0 Å². The summed E-state index contributed by atoms with van der Waals surface area (Å²) in [5.41, 5.74) is 0.735. The van der Waals surface area contributed by atoms with Crippen LogP contribution in [0, 0.1) is 0 Å². The Bertz CT molecular complexity index is 303. The molecule has 0 heterocycles. The lowest BCUT2D eigenvalue weighted by Gasteiger charge is -2.44. The molecule has 7 heteroatoms. The molecule has 2 aliphatic rings. The third-order valence-electron chi connectivity index (χ3n) is 5.63. The maximum absolute atomic E-state index is 6.69. The second-order valence-corrected chi connectivity index (χ2v) is 13.3. The Kier molecular flexibility index (Phi) is 7.72. The molecule has 0 aromatic heterocycles. The largest absolute Gasteiger partial charge is 0.496 e. The van der Waals surface area contributed by atoms with Gasteiger partial charge >= 0.3 is 17.6 Å². The predicted octanol–water partition coefficient (Wildman–Crippen LogP) is 4.14. The molecule has 0 bridgehead atoms. The van der Waals surface area contributed by atoms with Crippen LogP contribution in [-0.2, 0) is 21.8 Å². The lowest BCUT2D eigenvalue weighted by atomic mass is 10.0. The fourth-order valence-electron chi connectivity index (χ4n) is 4.28. The third-order valence-corrected chi connectivity index (χ3v) is 13.3. The minimum Gasteiger partial charge on any atom is -0.377 e. The van der Waals surface area contributed by atoms with E-state index >= 15 is 0 Å². The van der Waals surface area contributed by atoms with E-state index in [1.165, 1.54) is 38.5 Å². The van der Waals surface area contributed by atoms with Crippen molar-refractivity contribution in [3.63, 3.8) is 0 Å². The molecule has 0 saturated heterocycles. The van der Waals surface area contributed by atoms with Crippen molar-refractivity contribution in [2.75, 3.05) is 28.4 Å². The standard InChI is InChI=1S/C16H34O5Si2/c1-17-22(18-2,15-11-7-5-8-12-15)21-23(19-3,20-4)16-13-9-6-10-14-16/h15-16H,5-14H2,1-4H3. The van der Waals surface area contributed by atoms with Gasteiger partial charge in [0.25, 0.3) is 0 Å².